The number of benzene rings is 7. The monoisotopic (exact) mass is 1260 g/mol. The van der Waals surface area contributed by atoms with Gasteiger partial charge in [0.15, 0.2) is 5.78 Å². The van der Waals surface area contributed by atoms with Crippen LogP contribution in [-0.4, -0.2) is 45.5 Å². The van der Waals surface area contributed by atoms with E-state index >= 15 is 9.90 Å². The molecule has 0 unspecified atom stereocenters. The first-order valence-electron chi connectivity index (χ1n) is 31.8. The number of rotatable bonds is 16. The van der Waals surface area contributed by atoms with Crippen LogP contribution in [0.25, 0.3) is 5.57 Å². The topological polar surface area (TPSA) is 198 Å². The molecule has 94 heavy (non-hydrogen) atoms. The van der Waals surface area contributed by atoms with Gasteiger partial charge < -0.3 is 40.3 Å². The van der Waals surface area contributed by atoms with Crippen LogP contribution in [0.1, 0.15) is 159 Å². The third-order valence-electron chi connectivity index (χ3n) is 16.7. The number of carbonyl (C=O) groups is 5. The fourth-order valence-corrected chi connectivity index (χ4v) is 11.4. The predicted octanol–water partition coefficient (Wildman–Crippen LogP) is 16.2. The number of nitrogens with zero attached hydrogens (tertiary/aromatic N) is 2. The number of hydrogen-bond donors (Lipinski definition) is 4. The third-order valence-corrected chi connectivity index (χ3v) is 16.7. The number of phenols is 2. The number of aryl methyl sites for hydroxylation is 4. The molecule has 2 aliphatic rings. The van der Waals surface area contributed by atoms with E-state index in [1.165, 1.54) is 0 Å². The van der Waals surface area contributed by atoms with Crippen LogP contribution in [0.2, 0.25) is 0 Å². The van der Waals surface area contributed by atoms with E-state index in [1.807, 2.05) is 217 Å². The molecule has 14 heteroatoms. The van der Waals surface area contributed by atoms with Crippen molar-refractivity contribution in [2.75, 3.05) is 10.2 Å². The number of anilines is 4. The SMILES string of the molecule is Cc1ccc(N(c2ccc(C)cc2)c2ccc(C3=C([O-])/C(=C4/C=CC(=[N+](c5ccc(C)cc5)c5ccc(C)cc5)C=C4NC(=O)CCC(=O)Oc4cc(C(C)(C)C)c(O)c(C(C)(C)C)c4)C3=O)c(NC(=O)CCC(=O)Oc3cc(C(C)(C)C)c(O)c(C(C)(C)C)c3)c2)cc1. The van der Waals surface area contributed by atoms with Gasteiger partial charge in [-0.2, -0.15) is 4.58 Å². The van der Waals surface area contributed by atoms with Gasteiger partial charge >= 0.3 is 11.9 Å². The third kappa shape index (κ3) is 15.5. The average Bonchev–Trinajstić information content (AvgIpc) is 0.733. The lowest BCUT2D eigenvalue weighted by Gasteiger charge is -2.34. The maximum atomic E-state index is 15.2. The van der Waals surface area contributed by atoms with Crippen LogP contribution in [0, 0.1) is 27.7 Å². The molecule has 14 nitrogen and oxygen atoms in total. The largest absolute Gasteiger partial charge is 0.871 e. The molecule has 0 heterocycles. The number of allylic oxidation sites excluding steroid dienone is 5. The molecule has 4 N–H and O–H groups in total. The Hall–Kier alpha value is -10.1. The van der Waals surface area contributed by atoms with Gasteiger partial charge in [0.2, 0.25) is 28.9 Å². The predicted molar refractivity (Wildman–Crippen MR) is 373 cm³/mol. The van der Waals surface area contributed by atoms with Crippen molar-refractivity contribution < 1.29 is 48.8 Å². The van der Waals surface area contributed by atoms with E-state index in [9.17, 15) is 29.4 Å². The summed E-state index contributed by atoms with van der Waals surface area (Å²) in [6, 6.07) is 43.3. The second-order valence-electron chi connectivity index (χ2n) is 28.7. The molecule has 2 aliphatic carbocycles. The van der Waals surface area contributed by atoms with Crippen molar-refractivity contribution in [2.45, 2.75) is 158 Å². The lowest BCUT2D eigenvalue weighted by atomic mass is 9.78. The second kappa shape index (κ2) is 26.9. The minimum absolute atomic E-state index is 0.123. The zero-order chi connectivity index (χ0) is 68.5. The number of nitrogens with one attached hydrogen (secondary N) is 2. The number of ether oxygens (including phenoxy) is 2. The number of phenolic OH excluding ortho intramolecular Hbond substituents is 2. The molecule has 7 aromatic rings. The number of amides is 2. The summed E-state index contributed by atoms with van der Waals surface area (Å²) in [5.74, 6) is -3.17. The van der Waals surface area contributed by atoms with Crippen molar-refractivity contribution in [1.82, 2.24) is 9.89 Å². The number of esters is 2. The summed E-state index contributed by atoms with van der Waals surface area (Å²) in [6.45, 7) is 31.4. The Kier molecular flexibility index (Phi) is 19.5. The first-order valence-corrected chi connectivity index (χ1v) is 31.8. The van der Waals surface area contributed by atoms with Crippen LogP contribution in [-0.2, 0) is 45.6 Å². The summed E-state index contributed by atoms with van der Waals surface area (Å²) < 4.78 is 13.7. The Morgan fingerprint density at radius 3 is 1.23 bits per heavy atom. The van der Waals surface area contributed by atoms with Crippen LogP contribution >= 0.6 is 0 Å². The molecule has 0 aromatic heterocycles. The van der Waals surface area contributed by atoms with Crippen molar-refractivity contribution in [3.05, 3.63) is 230 Å². The Balaban J connectivity index is 1.10. The molecule has 0 spiro atoms. The molecule has 0 saturated heterocycles. The van der Waals surface area contributed by atoms with Gasteiger partial charge in [0, 0.05) is 111 Å². The average molecular weight is 1260 g/mol. The van der Waals surface area contributed by atoms with E-state index in [4.69, 9.17) is 9.47 Å². The fraction of sp³-hybridized carbons (Fsp3) is 0.300. The number of aromatic hydroxyl groups is 2. The minimum atomic E-state index is -0.689. The maximum Gasteiger partial charge on any atom is 0.311 e. The highest BCUT2D eigenvalue weighted by Gasteiger charge is 2.36. The van der Waals surface area contributed by atoms with Crippen LogP contribution < -0.4 is 34.7 Å². The van der Waals surface area contributed by atoms with E-state index in [0.29, 0.717) is 33.7 Å². The normalized spacial score (nSPS) is 14.3. The maximum absolute atomic E-state index is 15.2. The minimum Gasteiger partial charge on any atom is -0.871 e. The van der Waals surface area contributed by atoms with Gasteiger partial charge in [-0.05, 0) is 116 Å². The van der Waals surface area contributed by atoms with Gasteiger partial charge in [-0.1, -0.05) is 166 Å². The van der Waals surface area contributed by atoms with Gasteiger partial charge in [0.25, 0.3) is 0 Å². The molecule has 0 radical (unpaired) electrons. The van der Waals surface area contributed by atoms with Crippen molar-refractivity contribution >= 4 is 74.9 Å². The highest BCUT2D eigenvalue weighted by atomic mass is 16.5. The van der Waals surface area contributed by atoms with Crippen LogP contribution in [0.4, 0.5) is 34.1 Å². The van der Waals surface area contributed by atoms with E-state index < -0.39 is 57.0 Å². The van der Waals surface area contributed by atoms with Gasteiger partial charge in [-0.3, -0.25) is 24.0 Å². The van der Waals surface area contributed by atoms with E-state index in [1.54, 1.807) is 60.7 Å². The molecule has 0 fully saturated rings. The highest BCUT2D eigenvalue weighted by molar-refractivity contribution is 6.40. The Morgan fingerprint density at radius 2 is 0.851 bits per heavy atom. The van der Waals surface area contributed by atoms with Crippen LogP contribution in [0.15, 0.2) is 180 Å². The van der Waals surface area contributed by atoms with Crippen LogP contribution in [0.5, 0.6) is 23.0 Å². The summed E-state index contributed by atoms with van der Waals surface area (Å²) in [5.41, 5.74) is 8.99. The molecule has 7 aromatic carbocycles. The first kappa shape index (κ1) is 68.3. The summed E-state index contributed by atoms with van der Waals surface area (Å²) in [4.78, 5) is 73.2. The Labute approximate surface area is 552 Å². The molecular weight excluding hydrogens is 1180 g/mol. The van der Waals surface area contributed by atoms with Gasteiger partial charge in [-0.25, -0.2) is 0 Å². The summed E-state index contributed by atoms with van der Waals surface area (Å²) >= 11 is 0. The summed E-state index contributed by atoms with van der Waals surface area (Å²) in [5, 5.41) is 43.7. The zero-order valence-corrected chi connectivity index (χ0v) is 56.9. The number of Topliss-reactive ketones (excluding diaryl/α,β-unsaturated/α-hetero) is 1. The molecule has 0 saturated carbocycles. The van der Waals surface area contributed by atoms with Crippen LogP contribution in [0.3, 0.4) is 0 Å². The fourth-order valence-electron chi connectivity index (χ4n) is 11.4. The standard InChI is InChI=1S/C80H86N4O10/c1-47-17-25-51(26-18-47)83(52-27-19-48(2)20-28-52)55-33-35-59(65(41-55)81-67(85)37-39-69(87)93-57-43-61(77(5,6)7)73(89)62(44-57)78(8,9)10)71-75(91)72(76(71)92)60-36-34-56(84(53-29-21-49(3)22-30-53)54-31-23-50(4)24-32-54)42-66(60)82-68(86)38-40-70(88)94-58-45-63(79(11,12)13)74(90)64(46-58)80(14,15)16/h17-36,41-46H,37-40H2,1-16H3,(H4,81,82,85,86,89,90,91,92). The molecular formula is C80H86N4O10. The lowest BCUT2D eigenvalue weighted by molar-refractivity contribution is -0.297. The molecule has 2 amide bonds. The van der Waals surface area contributed by atoms with E-state index in [-0.39, 0.29) is 82.3 Å². The smallest absolute Gasteiger partial charge is 0.311 e. The Bertz CT molecular complexity index is 4140. The zero-order valence-electron chi connectivity index (χ0n) is 56.9. The van der Waals surface area contributed by atoms with Gasteiger partial charge in [0.05, 0.1) is 24.2 Å². The lowest BCUT2D eigenvalue weighted by Crippen LogP contribution is -2.34. The molecule has 0 aliphatic heterocycles. The second-order valence-corrected chi connectivity index (χ2v) is 28.7. The first-order chi connectivity index (χ1) is 44.0. The number of hydrogen-bond acceptors (Lipinski definition) is 11. The molecule has 0 bridgehead atoms. The molecule has 9 rings (SSSR count). The van der Waals surface area contributed by atoms with Crippen molar-refractivity contribution in [3.8, 4) is 23.0 Å². The summed E-state index contributed by atoms with van der Waals surface area (Å²) in [7, 11) is 0. The highest BCUT2D eigenvalue weighted by Crippen LogP contribution is 2.47. The van der Waals surface area contributed by atoms with Gasteiger partial charge in [0.1, 0.15) is 23.0 Å². The molecule has 486 valence electrons. The van der Waals surface area contributed by atoms with Gasteiger partial charge in [-0.15, -0.1) is 0 Å². The van der Waals surface area contributed by atoms with Crippen molar-refractivity contribution in [3.63, 3.8) is 0 Å². The van der Waals surface area contributed by atoms with E-state index in [2.05, 4.69) is 10.6 Å². The van der Waals surface area contributed by atoms with E-state index in [0.717, 1.165) is 45.0 Å². The van der Waals surface area contributed by atoms with Crippen molar-refractivity contribution in [1.29, 1.82) is 0 Å². The quantitative estimate of drug-likeness (QED) is 0.0311. The molecule has 0 atom stereocenters. The number of ketones is 1. The number of carbonyl (C=O) groups excluding carboxylic acids is 5. The Morgan fingerprint density at radius 1 is 0.479 bits per heavy atom. The summed E-state index contributed by atoms with van der Waals surface area (Å²) in [6.07, 6.45) is 3.74. The van der Waals surface area contributed by atoms with Crippen molar-refractivity contribution in [2.24, 2.45) is 0 Å².